The van der Waals surface area contributed by atoms with E-state index in [1.54, 1.807) is 12.1 Å². The summed E-state index contributed by atoms with van der Waals surface area (Å²) in [5, 5.41) is 0. The molecular weight excluding hydrogens is 286 g/mol. The van der Waals surface area contributed by atoms with Gasteiger partial charge >= 0.3 is 0 Å². The maximum Gasteiger partial charge on any atom is 0.242 e. The first-order chi connectivity index (χ1) is 9.99. The number of hydrogen-bond acceptors (Lipinski definition) is 4. The summed E-state index contributed by atoms with van der Waals surface area (Å²) in [6.07, 6.45) is 5.64. The van der Waals surface area contributed by atoms with Gasteiger partial charge < -0.3 is 10.6 Å². The van der Waals surface area contributed by atoms with Crippen molar-refractivity contribution in [1.82, 2.24) is 4.72 Å². The van der Waals surface area contributed by atoms with Crippen LogP contribution in [0.2, 0.25) is 0 Å². The van der Waals surface area contributed by atoms with Crippen molar-refractivity contribution in [2.24, 2.45) is 0 Å². The zero-order valence-corrected chi connectivity index (χ0v) is 13.6. The number of anilines is 2. The Bertz CT molecular complexity index is 587. The summed E-state index contributed by atoms with van der Waals surface area (Å²) in [6, 6.07) is 5.57. The van der Waals surface area contributed by atoms with Gasteiger partial charge in [0.1, 0.15) is 4.90 Å². The molecule has 1 aromatic rings. The highest BCUT2D eigenvalue weighted by molar-refractivity contribution is 7.89. The highest BCUT2D eigenvalue weighted by Gasteiger charge is 2.26. The number of nitrogens with one attached hydrogen (secondary N) is 1. The Hall–Kier alpha value is -1.27. The van der Waals surface area contributed by atoms with E-state index >= 15 is 0 Å². The largest absolute Gasteiger partial charge is 0.399 e. The first kappa shape index (κ1) is 16.1. The number of nitrogen functional groups attached to an aromatic ring is 1. The van der Waals surface area contributed by atoms with Crippen molar-refractivity contribution in [3.05, 3.63) is 18.2 Å². The second-order valence-electron chi connectivity index (χ2n) is 5.54. The first-order valence-corrected chi connectivity index (χ1v) is 9.07. The minimum atomic E-state index is -3.52. The van der Waals surface area contributed by atoms with E-state index in [0.717, 1.165) is 31.5 Å². The summed E-state index contributed by atoms with van der Waals surface area (Å²) in [7, 11) is -2.08. The van der Waals surface area contributed by atoms with Gasteiger partial charge in [0.25, 0.3) is 0 Å². The molecule has 0 saturated carbocycles. The van der Waals surface area contributed by atoms with Crippen LogP contribution >= 0.6 is 0 Å². The predicted octanol–water partition coefficient (Wildman–Crippen LogP) is 2.34. The van der Waals surface area contributed by atoms with Gasteiger partial charge in [0.15, 0.2) is 0 Å². The topological polar surface area (TPSA) is 75.4 Å². The molecule has 0 spiro atoms. The monoisotopic (exact) mass is 311 g/mol. The smallest absolute Gasteiger partial charge is 0.242 e. The number of sulfonamides is 1. The van der Waals surface area contributed by atoms with Crippen LogP contribution in [-0.2, 0) is 10.0 Å². The van der Waals surface area contributed by atoms with Crippen LogP contribution in [0.3, 0.4) is 0 Å². The molecule has 3 N–H and O–H groups in total. The fourth-order valence-corrected chi connectivity index (χ4v) is 3.98. The van der Waals surface area contributed by atoms with Crippen LogP contribution < -0.4 is 15.4 Å². The Kier molecular flexibility index (Phi) is 5.11. The van der Waals surface area contributed by atoms with Crippen molar-refractivity contribution in [2.75, 3.05) is 24.2 Å². The molecule has 2 rings (SSSR count). The van der Waals surface area contributed by atoms with E-state index in [2.05, 4.69) is 16.5 Å². The van der Waals surface area contributed by atoms with Crippen LogP contribution in [0.4, 0.5) is 11.4 Å². The molecule has 1 aliphatic heterocycles. The second kappa shape index (κ2) is 6.66. The minimum absolute atomic E-state index is 0.283. The van der Waals surface area contributed by atoms with Gasteiger partial charge in [-0.2, -0.15) is 0 Å². The highest BCUT2D eigenvalue weighted by Crippen LogP contribution is 2.32. The van der Waals surface area contributed by atoms with Crippen molar-refractivity contribution in [1.29, 1.82) is 0 Å². The summed E-state index contributed by atoms with van der Waals surface area (Å²) < 4.78 is 27.0. The summed E-state index contributed by atoms with van der Waals surface area (Å²) in [4.78, 5) is 2.53. The van der Waals surface area contributed by atoms with Crippen molar-refractivity contribution in [2.45, 2.75) is 50.0 Å². The molecule has 1 fully saturated rings. The van der Waals surface area contributed by atoms with Crippen LogP contribution in [0.25, 0.3) is 0 Å². The molecule has 0 bridgehead atoms. The van der Waals surface area contributed by atoms with Crippen molar-refractivity contribution < 1.29 is 8.42 Å². The lowest BCUT2D eigenvalue weighted by Crippen LogP contribution is -2.36. The van der Waals surface area contributed by atoms with E-state index in [1.807, 2.05) is 6.07 Å². The standard InChI is InChI=1S/C15H25N3O2S/c1-3-13-7-5-4-6-10-18(13)14-9-8-12(16)11-15(14)21(19,20)17-2/h8-9,11,13,17H,3-7,10,16H2,1-2H3. The third-order valence-corrected chi connectivity index (χ3v) is 5.64. The fourth-order valence-electron chi connectivity index (χ4n) is 3.01. The quantitative estimate of drug-likeness (QED) is 0.837. The molecular formula is C15H25N3O2S. The van der Waals surface area contributed by atoms with Crippen LogP contribution in [0, 0.1) is 0 Å². The lowest BCUT2D eigenvalue weighted by Gasteiger charge is -2.33. The van der Waals surface area contributed by atoms with Crippen LogP contribution in [0.5, 0.6) is 0 Å². The molecule has 1 aliphatic rings. The summed E-state index contributed by atoms with van der Waals surface area (Å²) >= 11 is 0. The Balaban J connectivity index is 2.51. The van der Waals surface area contributed by atoms with Gasteiger partial charge in [-0.15, -0.1) is 0 Å². The molecule has 5 nitrogen and oxygen atoms in total. The van der Waals surface area contributed by atoms with Gasteiger partial charge in [0, 0.05) is 18.3 Å². The highest BCUT2D eigenvalue weighted by atomic mass is 32.2. The van der Waals surface area contributed by atoms with Gasteiger partial charge in [0.2, 0.25) is 10.0 Å². The van der Waals surface area contributed by atoms with E-state index < -0.39 is 10.0 Å². The lowest BCUT2D eigenvalue weighted by molar-refractivity contribution is 0.551. The lowest BCUT2D eigenvalue weighted by atomic mass is 10.1. The zero-order valence-electron chi connectivity index (χ0n) is 12.8. The van der Waals surface area contributed by atoms with E-state index in [9.17, 15) is 8.42 Å². The summed E-state index contributed by atoms with van der Waals surface area (Å²) in [5.74, 6) is 0. The zero-order chi connectivity index (χ0) is 15.5. The second-order valence-corrected chi connectivity index (χ2v) is 7.39. The maximum absolute atomic E-state index is 12.3. The average molecular weight is 311 g/mol. The summed E-state index contributed by atoms with van der Waals surface area (Å²) in [5.41, 5.74) is 7.03. The molecule has 1 unspecified atom stereocenters. The number of nitrogens with zero attached hydrogens (tertiary/aromatic N) is 1. The van der Waals surface area contributed by atoms with Gasteiger partial charge in [0.05, 0.1) is 5.69 Å². The first-order valence-electron chi connectivity index (χ1n) is 7.59. The maximum atomic E-state index is 12.3. The van der Waals surface area contributed by atoms with E-state index in [1.165, 1.54) is 19.9 Å². The van der Waals surface area contributed by atoms with Crippen molar-refractivity contribution >= 4 is 21.4 Å². The molecule has 0 radical (unpaired) electrons. The van der Waals surface area contributed by atoms with E-state index in [-0.39, 0.29) is 4.90 Å². The number of hydrogen-bond donors (Lipinski definition) is 2. The molecule has 1 aromatic carbocycles. The molecule has 118 valence electrons. The molecule has 0 aliphatic carbocycles. The van der Waals surface area contributed by atoms with E-state index in [4.69, 9.17) is 5.73 Å². The van der Waals surface area contributed by atoms with Crippen LogP contribution in [0.1, 0.15) is 39.0 Å². The molecule has 1 atom stereocenters. The number of nitrogens with two attached hydrogens (primary N) is 1. The molecule has 6 heteroatoms. The molecule has 0 amide bonds. The minimum Gasteiger partial charge on any atom is -0.399 e. The summed E-state index contributed by atoms with van der Waals surface area (Å²) in [6.45, 7) is 3.06. The Morgan fingerprint density at radius 2 is 2.10 bits per heavy atom. The Labute approximate surface area is 127 Å². The third-order valence-electron chi connectivity index (χ3n) is 4.20. The third kappa shape index (κ3) is 3.49. The van der Waals surface area contributed by atoms with Gasteiger partial charge in [-0.1, -0.05) is 19.8 Å². The van der Waals surface area contributed by atoms with Crippen LogP contribution in [-0.4, -0.2) is 28.1 Å². The molecule has 21 heavy (non-hydrogen) atoms. The van der Waals surface area contributed by atoms with Gasteiger partial charge in [-0.25, -0.2) is 13.1 Å². The molecule has 0 aromatic heterocycles. The SMILES string of the molecule is CCC1CCCCCN1c1ccc(N)cc1S(=O)(=O)NC. The Morgan fingerprint density at radius 3 is 2.76 bits per heavy atom. The fraction of sp³-hybridized carbons (Fsp3) is 0.600. The van der Waals surface area contributed by atoms with Crippen molar-refractivity contribution in [3.63, 3.8) is 0 Å². The van der Waals surface area contributed by atoms with E-state index in [0.29, 0.717) is 11.7 Å². The normalized spacial score (nSPS) is 20.3. The van der Waals surface area contributed by atoms with Crippen LogP contribution in [0.15, 0.2) is 23.1 Å². The number of benzene rings is 1. The van der Waals surface area contributed by atoms with Gasteiger partial charge in [-0.05, 0) is 44.5 Å². The van der Waals surface area contributed by atoms with Gasteiger partial charge in [-0.3, -0.25) is 0 Å². The number of rotatable bonds is 4. The van der Waals surface area contributed by atoms with Crippen molar-refractivity contribution in [3.8, 4) is 0 Å². The predicted molar refractivity (Wildman–Crippen MR) is 87.0 cm³/mol. The molecule has 1 saturated heterocycles. The Morgan fingerprint density at radius 1 is 1.33 bits per heavy atom. The average Bonchev–Trinajstić information content (AvgIpc) is 2.72. The molecule has 1 heterocycles.